The standard InChI is InChI=1S/C15H22N2O3/c1-16(9-10-18)14-7-8-17(11-14)15(19)20-12-13-5-3-2-4-6-13/h2-6,14,18H,7-12H2,1H3/t14-/m0/s1. The van der Waals surface area contributed by atoms with Crippen LogP contribution < -0.4 is 0 Å². The zero-order valence-corrected chi connectivity index (χ0v) is 11.9. The Balaban J connectivity index is 1.77. The Bertz CT molecular complexity index is 424. The van der Waals surface area contributed by atoms with Crippen LogP contribution in [0.3, 0.4) is 0 Å². The third kappa shape index (κ3) is 3.95. The van der Waals surface area contributed by atoms with Crippen molar-refractivity contribution in [3.8, 4) is 0 Å². The molecule has 1 fully saturated rings. The van der Waals surface area contributed by atoms with Gasteiger partial charge in [0, 0.05) is 25.7 Å². The minimum atomic E-state index is -0.256. The Kier molecular flexibility index (Phi) is 5.38. The number of hydrogen-bond donors (Lipinski definition) is 1. The van der Waals surface area contributed by atoms with E-state index in [-0.39, 0.29) is 12.7 Å². The molecule has 1 amide bonds. The first-order valence-corrected chi connectivity index (χ1v) is 6.97. The highest BCUT2D eigenvalue weighted by Crippen LogP contribution is 2.15. The van der Waals surface area contributed by atoms with E-state index < -0.39 is 0 Å². The molecule has 0 unspecified atom stereocenters. The summed E-state index contributed by atoms with van der Waals surface area (Å²) < 4.78 is 5.32. The summed E-state index contributed by atoms with van der Waals surface area (Å²) in [5, 5.41) is 8.94. The second-order valence-electron chi connectivity index (χ2n) is 5.13. The number of ether oxygens (including phenoxy) is 1. The van der Waals surface area contributed by atoms with Gasteiger partial charge in [-0.2, -0.15) is 0 Å². The molecule has 0 aliphatic carbocycles. The number of benzene rings is 1. The number of hydrogen-bond acceptors (Lipinski definition) is 4. The van der Waals surface area contributed by atoms with Crippen LogP contribution in [0.4, 0.5) is 4.79 Å². The molecule has 1 aromatic carbocycles. The molecule has 0 radical (unpaired) electrons. The topological polar surface area (TPSA) is 53.0 Å². The minimum absolute atomic E-state index is 0.144. The van der Waals surface area contributed by atoms with Crippen LogP contribution in [-0.2, 0) is 11.3 Å². The summed E-state index contributed by atoms with van der Waals surface area (Å²) in [5.41, 5.74) is 0.994. The maximum Gasteiger partial charge on any atom is 0.410 e. The van der Waals surface area contributed by atoms with Crippen molar-refractivity contribution in [2.45, 2.75) is 19.1 Å². The molecule has 1 atom stereocenters. The number of aliphatic hydroxyl groups is 1. The average Bonchev–Trinajstić information content (AvgIpc) is 2.96. The van der Waals surface area contributed by atoms with Gasteiger partial charge in [-0.1, -0.05) is 30.3 Å². The lowest BCUT2D eigenvalue weighted by Gasteiger charge is -2.23. The van der Waals surface area contributed by atoms with Gasteiger partial charge < -0.3 is 14.7 Å². The highest BCUT2D eigenvalue weighted by molar-refractivity contribution is 5.68. The Morgan fingerprint density at radius 3 is 2.90 bits per heavy atom. The lowest BCUT2D eigenvalue weighted by molar-refractivity contribution is 0.100. The summed E-state index contributed by atoms with van der Waals surface area (Å²) >= 11 is 0. The minimum Gasteiger partial charge on any atom is -0.445 e. The number of likely N-dealkylation sites (N-methyl/N-ethyl adjacent to an activating group) is 1. The van der Waals surface area contributed by atoms with Crippen molar-refractivity contribution in [3.63, 3.8) is 0 Å². The third-order valence-electron chi connectivity index (χ3n) is 3.70. The Morgan fingerprint density at radius 1 is 1.45 bits per heavy atom. The van der Waals surface area contributed by atoms with Gasteiger partial charge in [0.15, 0.2) is 0 Å². The van der Waals surface area contributed by atoms with E-state index in [0.717, 1.165) is 12.0 Å². The zero-order valence-electron chi connectivity index (χ0n) is 11.9. The molecule has 1 heterocycles. The number of carbonyl (C=O) groups excluding carboxylic acids is 1. The third-order valence-corrected chi connectivity index (χ3v) is 3.70. The van der Waals surface area contributed by atoms with E-state index in [9.17, 15) is 4.79 Å². The molecule has 5 nitrogen and oxygen atoms in total. The molecule has 1 aromatic rings. The van der Waals surface area contributed by atoms with Gasteiger partial charge in [0.25, 0.3) is 0 Å². The van der Waals surface area contributed by atoms with Gasteiger partial charge in [-0.05, 0) is 19.0 Å². The van der Waals surface area contributed by atoms with Crippen LogP contribution in [0.5, 0.6) is 0 Å². The predicted molar refractivity (Wildman–Crippen MR) is 76.3 cm³/mol. The number of amides is 1. The van der Waals surface area contributed by atoms with Crippen LogP contribution in [0.25, 0.3) is 0 Å². The molecule has 1 N–H and O–H groups in total. The highest BCUT2D eigenvalue weighted by Gasteiger charge is 2.29. The molecule has 1 aliphatic heterocycles. The van der Waals surface area contributed by atoms with Crippen molar-refractivity contribution in [2.75, 3.05) is 33.3 Å². The summed E-state index contributed by atoms with van der Waals surface area (Å²) in [5.74, 6) is 0. The van der Waals surface area contributed by atoms with Gasteiger partial charge in [-0.3, -0.25) is 4.90 Å². The molecule has 0 saturated carbocycles. The van der Waals surface area contributed by atoms with Crippen LogP contribution in [-0.4, -0.2) is 60.3 Å². The number of rotatable bonds is 5. The molecule has 1 aliphatic rings. The largest absolute Gasteiger partial charge is 0.445 e. The van der Waals surface area contributed by atoms with Crippen molar-refractivity contribution in [1.29, 1.82) is 0 Å². The number of nitrogens with zero attached hydrogens (tertiary/aromatic N) is 2. The number of carbonyl (C=O) groups is 1. The van der Waals surface area contributed by atoms with E-state index in [1.54, 1.807) is 4.90 Å². The fourth-order valence-corrected chi connectivity index (χ4v) is 2.42. The van der Waals surface area contributed by atoms with Gasteiger partial charge in [0.1, 0.15) is 6.61 Å². The smallest absolute Gasteiger partial charge is 0.410 e. The second-order valence-corrected chi connectivity index (χ2v) is 5.13. The van der Waals surface area contributed by atoms with Gasteiger partial charge in [0.2, 0.25) is 0 Å². The summed E-state index contributed by atoms with van der Waals surface area (Å²) in [6.45, 7) is 2.48. The first-order valence-electron chi connectivity index (χ1n) is 6.97. The van der Waals surface area contributed by atoms with Crippen molar-refractivity contribution in [2.24, 2.45) is 0 Å². The lowest BCUT2D eigenvalue weighted by Crippen LogP contribution is -2.38. The van der Waals surface area contributed by atoms with E-state index in [2.05, 4.69) is 4.90 Å². The summed E-state index contributed by atoms with van der Waals surface area (Å²) in [4.78, 5) is 15.8. The highest BCUT2D eigenvalue weighted by atomic mass is 16.6. The van der Waals surface area contributed by atoms with Crippen LogP contribution in [0.15, 0.2) is 30.3 Å². The van der Waals surface area contributed by atoms with Gasteiger partial charge in [0.05, 0.1) is 6.61 Å². The van der Waals surface area contributed by atoms with Crippen LogP contribution in [0, 0.1) is 0 Å². The second kappa shape index (κ2) is 7.26. The van der Waals surface area contributed by atoms with E-state index in [1.165, 1.54) is 0 Å². The van der Waals surface area contributed by atoms with Crippen LogP contribution in [0.1, 0.15) is 12.0 Å². The Labute approximate surface area is 119 Å². The molecular weight excluding hydrogens is 256 g/mol. The monoisotopic (exact) mass is 278 g/mol. The molecule has 110 valence electrons. The van der Waals surface area contributed by atoms with Crippen molar-refractivity contribution >= 4 is 6.09 Å². The van der Waals surface area contributed by atoms with Crippen molar-refractivity contribution in [1.82, 2.24) is 9.80 Å². The van der Waals surface area contributed by atoms with E-state index in [4.69, 9.17) is 9.84 Å². The fraction of sp³-hybridized carbons (Fsp3) is 0.533. The van der Waals surface area contributed by atoms with E-state index in [0.29, 0.717) is 32.3 Å². The lowest BCUT2D eigenvalue weighted by atomic mass is 10.2. The van der Waals surface area contributed by atoms with Gasteiger partial charge in [-0.25, -0.2) is 4.79 Å². The van der Waals surface area contributed by atoms with Gasteiger partial charge >= 0.3 is 6.09 Å². The normalized spacial score (nSPS) is 18.6. The predicted octanol–water partition coefficient (Wildman–Crippen LogP) is 1.32. The summed E-state index contributed by atoms with van der Waals surface area (Å²) in [6, 6.07) is 9.99. The summed E-state index contributed by atoms with van der Waals surface area (Å²) in [7, 11) is 1.97. The van der Waals surface area contributed by atoms with Crippen LogP contribution >= 0.6 is 0 Å². The van der Waals surface area contributed by atoms with Crippen LogP contribution in [0.2, 0.25) is 0 Å². The quantitative estimate of drug-likeness (QED) is 0.882. The SMILES string of the molecule is CN(CCO)[C@H]1CCN(C(=O)OCc2ccccc2)C1. The van der Waals surface area contributed by atoms with Crippen molar-refractivity contribution < 1.29 is 14.6 Å². The Hall–Kier alpha value is -1.59. The fourth-order valence-electron chi connectivity index (χ4n) is 2.42. The molecule has 2 rings (SSSR count). The first-order chi connectivity index (χ1) is 9.70. The summed E-state index contributed by atoms with van der Waals surface area (Å²) in [6.07, 6.45) is 0.672. The van der Waals surface area contributed by atoms with E-state index >= 15 is 0 Å². The van der Waals surface area contributed by atoms with E-state index in [1.807, 2.05) is 37.4 Å². The molecular formula is C15H22N2O3. The molecule has 0 bridgehead atoms. The molecule has 0 aromatic heterocycles. The maximum atomic E-state index is 12.0. The molecule has 1 saturated heterocycles. The zero-order chi connectivity index (χ0) is 14.4. The number of aliphatic hydroxyl groups excluding tert-OH is 1. The van der Waals surface area contributed by atoms with Gasteiger partial charge in [-0.15, -0.1) is 0 Å². The number of likely N-dealkylation sites (tertiary alicyclic amines) is 1. The molecule has 20 heavy (non-hydrogen) atoms. The maximum absolute atomic E-state index is 12.0. The Morgan fingerprint density at radius 2 is 2.20 bits per heavy atom. The first kappa shape index (κ1) is 14.8. The average molecular weight is 278 g/mol. The van der Waals surface area contributed by atoms with Crippen molar-refractivity contribution in [3.05, 3.63) is 35.9 Å². The molecule has 0 spiro atoms. The molecule has 5 heteroatoms.